The van der Waals surface area contributed by atoms with E-state index in [2.05, 4.69) is 4.90 Å². The van der Waals surface area contributed by atoms with Crippen molar-refractivity contribution in [1.82, 2.24) is 4.90 Å². The zero-order chi connectivity index (χ0) is 14.5. The Morgan fingerprint density at radius 1 is 1.45 bits per heavy atom. The summed E-state index contributed by atoms with van der Waals surface area (Å²) < 4.78 is 13.9. The quantitative estimate of drug-likeness (QED) is 0.798. The molecule has 0 unspecified atom stereocenters. The fourth-order valence-electron chi connectivity index (χ4n) is 2.48. The van der Waals surface area contributed by atoms with Crippen molar-refractivity contribution in [2.24, 2.45) is 5.73 Å². The first-order valence-electron chi connectivity index (χ1n) is 7.05. The zero-order valence-electron chi connectivity index (χ0n) is 11.5. The summed E-state index contributed by atoms with van der Waals surface area (Å²) in [5.74, 6) is -0.861. The SMILES string of the molecule is NC(=O)c1ccc(F)c(CN(CCCO)C2CCC2)c1. The molecule has 4 nitrogen and oxygen atoms in total. The Labute approximate surface area is 118 Å². The van der Waals surface area contributed by atoms with Gasteiger partial charge in [-0.25, -0.2) is 4.39 Å². The van der Waals surface area contributed by atoms with Gasteiger partial charge in [0.2, 0.25) is 5.91 Å². The lowest BCUT2D eigenvalue weighted by molar-refractivity contribution is 0.0998. The summed E-state index contributed by atoms with van der Waals surface area (Å²) in [6.07, 6.45) is 4.10. The van der Waals surface area contributed by atoms with Crippen LogP contribution in [0, 0.1) is 5.82 Å². The molecule has 1 aliphatic carbocycles. The number of benzene rings is 1. The van der Waals surface area contributed by atoms with E-state index in [1.54, 1.807) is 0 Å². The van der Waals surface area contributed by atoms with Gasteiger partial charge in [0.15, 0.2) is 0 Å². The second-order valence-corrected chi connectivity index (χ2v) is 5.30. The molecule has 1 aromatic rings. The first-order chi connectivity index (χ1) is 9.61. The van der Waals surface area contributed by atoms with Crippen LogP contribution in [0.5, 0.6) is 0 Å². The van der Waals surface area contributed by atoms with Gasteiger partial charge in [-0.2, -0.15) is 0 Å². The average Bonchev–Trinajstić information content (AvgIpc) is 2.36. The Balaban J connectivity index is 2.12. The number of amides is 1. The van der Waals surface area contributed by atoms with E-state index in [0.717, 1.165) is 19.4 Å². The molecule has 0 radical (unpaired) electrons. The number of aliphatic hydroxyl groups is 1. The Morgan fingerprint density at radius 3 is 2.75 bits per heavy atom. The fourth-order valence-corrected chi connectivity index (χ4v) is 2.48. The van der Waals surface area contributed by atoms with Crippen LogP contribution in [0.2, 0.25) is 0 Å². The lowest BCUT2D eigenvalue weighted by Gasteiger charge is -2.37. The predicted molar refractivity (Wildman–Crippen MR) is 74.7 cm³/mol. The van der Waals surface area contributed by atoms with Gasteiger partial charge >= 0.3 is 0 Å². The van der Waals surface area contributed by atoms with Crippen molar-refractivity contribution < 1.29 is 14.3 Å². The highest BCUT2D eigenvalue weighted by Crippen LogP contribution is 2.27. The molecule has 20 heavy (non-hydrogen) atoms. The highest BCUT2D eigenvalue weighted by molar-refractivity contribution is 5.92. The normalized spacial score (nSPS) is 15.3. The number of halogens is 1. The van der Waals surface area contributed by atoms with Gasteiger partial charge in [0.25, 0.3) is 0 Å². The molecule has 1 aliphatic rings. The molecule has 0 spiro atoms. The van der Waals surface area contributed by atoms with Crippen molar-refractivity contribution in [2.75, 3.05) is 13.2 Å². The van der Waals surface area contributed by atoms with Crippen LogP contribution in [0.3, 0.4) is 0 Å². The number of rotatable bonds is 7. The summed E-state index contributed by atoms with van der Waals surface area (Å²) >= 11 is 0. The minimum atomic E-state index is -0.545. The number of carbonyl (C=O) groups is 1. The molecule has 3 N–H and O–H groups in total. The Kier molecular flexibility index (Phi) is 5.09. The van der Waals surface area contributed by atoms with E-state index in [4.69, 9.17) is 10.8 Å². The monoisotopic (exact) mass is 280 g/mol. The number of carbonyl (C=O) groups excluding carboxylic acids is 1. The van der Waals surface area contributed by atoms with Crippen molar-refractivity contribution >= 4 is 5.91 Å². The van der Waals surface area contributed by atoms with Crippen molar-refractivity contribution in [1.29, 1.82) is 0 Å². The molecule has 0 heterocycles. The number of aliphatic hydroxyl groups excluding tert-OH is 1. The molecule has 1 saturated carbocycles. The largest absolute Gasteiger partial charge is 0.396 e. The van der Waals surface area contributed by atoms with Crippen molar-refractivity contribution in [3.63, 3.8) is 0 Å². The van der Waals surface area contributed by atoms with E-state index < -0.39 is 5.91 Å². The van der Waals surface area contributed by atoms with E-state index in [1.807, 2.05) is 0 Å². The van der Waals surface area contributed by atoms with E-state index in [-0.39, 0.29) is 12.4 Å². The van der Waals surface area contributed by atoms with Gasteiger partial charge in [-0.05, 0) is 37.5 Å². The van der Waals surface area contributed by atoms with Crippen LogP contribution in [0.4, 0.5) is 4.39 Å². The lowest BCUT2D eigenvalue weighted by Crippen LogP contribution is -2.40. The molecule has 5 heteroatoms. The van der Waals surface area contributed by atoms with Crippen LogP contribution in [0.1, 0.15) is 41.6 Å². The first kappa shape index (κ1) is 14.9. The zero-order valence-corrected chi connectivity index (χ0v) is 11.5. The van der Waals surface area contributed by atoms with Crippen LogP contribution in [0.25, 0.3) is 0 Å². The molecule has 1 fully saturated rings. The minimum absolute atomic E-state index is 0.132. The third kappa shape index (κ3) is 3.55. The maximum absolute atomic E-state index is 13.9. The Hall–Kier alpha value is -1.46. The third-order valence-electron chi connectivity index (χ3n) is 3.90. The minimum Gasteiger partial charge on any atom is -0.396 e. The van der Waals surface area contributed by atoms with Crippen LogP contribution in [0.15, 0.2) is 18.2 Å². The number of hydrogen-bond donors (Lipinski definition) is 2. The molecular weight excluding hydrogens is 259 g/mol. The predicted octanol–water partition coefficient (Wildman–Crippen LogP) is 1.66. The number of hydrogen-bond acceptors (Lipinski definition) is 3. The molecule has 1 amide bonds. The van der Waals surface area contributed by atoms with Gasteiger partial charge in [0.05, 0.1) is 0 Å². The second kappa shape index (κ2) is 6.81. The van der Waals surface area contributed by atoms with Gasteiger partial charge in [0.1, 0.15) is 5.82 Å². The highest BCUT2D eigenvalue weighted by Gasteiger charge is 2.25. The van der Waals surface area contributed by atoms with Gasteiger partial charge in [-0.3, -0.25) is 9.69 Å². The molecule has 0 aromatic heterocycles. The smallest absolute Gasteiger partial charge is 0.248 e. The van der Waals surface area contributed by atoms with Crippen LogP contribution in [-0.2, 0) is 6.54 Å². The molecule has 0 aliphatic heterocycles. The van der Waals surface area contributed by atoms with Gasteiger partial charge in [0, 0.05) is 36.9 Å². The van der Waals surface area contributed by atoms with E-state index >= 15 is 0 Å². The van der Waals surface area contributed by atoms with E-state index in [0.29, 0.717) is 30.1 Å². The molecule has 0 bridgehead atoms. The lowest BCUT2D eigenvalue weighted by atomic mass is 9.91. The van der Waals surface area contributed by atoms with Crippen LogP contribution >= 0.6 is 0 Å². The van der Waals surface area contributed by atoms with Crippen molar-refractivity contribution in [2.45, 2.75) is 38.3 Å². The summed E-state index contributed by atoms with van der Waals surface area (Å²) in [5.41, 5.74) is 6.06. The molecule has 2 rings (SSSR count). The van der Waals surface area contributed by atoms with Gasteiger partial charge in [-0.1, -0.05) is 6.42 Å². The summed E-state index contributed by atoms with van der Waals surface area (Å²) in [6.45, 7) is 1.33. The topological polar surface area (TPSA) is 66.6 Å². The molecule has 110 valence electrons. The van der Waals surface area contributed by atoms with Crippen molar-refractivity contribution in [3.05, 3.63) is 35.1 Å². The summed E-state index contributed by atoms with van der Waals surface area (Å²) in [5, 5.41) is 8.96. The Morgan fingerprint density at radius 2 is 2.20 bits per heavy atom. The van der Waals surface area contributed by atoms with Gasteiger partial charge < -0.3 is 10.8 Å². The summed E-state index contributed by atoms with van der Waals surface area (Å²) in [7, 11) is 0. The third-order valence-corrected chi connectivity index (χ3v) is 3.90. The average molecular weight is 280 g/mol. The van der Waals surface area contributed by atoms with E-state index in [1.165, 1.54) is 24.6 Å². The van der Waals surface area contributed by atoms with Crippen LogP contribution < -0.4 is 5.73 Å². The maximum Gasteiger partial charge on any atom is 0.248 e. The fraction of sp³-hybridized carbons (Fsp3) is 0.533. The second-order valence-electron chi connectivity index (χ2n) is 5.30. The molecule has 0 saturated heterocycles. The standard InChI is InChI=1S/C15H21FN2O2/c16-14-6-5-11(15(17)20)9-12(14)10-18(7-2-8-19)13-3-1-4-13/h5-6,9,13,19H,1-4,7-8,10H2,(H2,17,20). The molecular formula is C15H21FN2O2. The van der Waals surface area contributed by atoms with Crippen LogP contribution in [-0.4, -0.2) is 35.1 Å². The molecule has 0 atom stereocenters. The summed E-state index contributed by atoms with van der Waals surface area (Å²) in [4.78, 5) is 13.4. The number of nitrogens with two attached hydrogens (primary N) is 1. The Bertz CT molecular complexity index is 475. The highest BCUT2D eigenvalue weighted by atomic mass is 19.1. The van der Waals surface area contributed by atoms with Gasteiger partial charge in [-0.15, -0.1) is 0 Å². The maximum atomic E-state index is 13.9. The van der Waals surface area contributed by atoms with E-state index in [9.17, 15) is 9.18 Å². The number of nitrogens with zero attached hydrogens (tertiary/aromatic N) is 1. The first-order valence-corrected chi connectivity index (χ1v) is 7.05. The summed E-state index contributed by atoms with van der Waals surface area (Å²) in [6, 6.07) is 4.68. The number of primary amides is 1. The molecule has 1 aromatic carbocycles. The van der Waals surface area contributed by atoms with Crippen molar-refractivity contribution in [3.8, 4) is 0 Å².